The van der Waals surface area contributed by atoms with E-state index in [1.807, 2.05) is 6.07 Å². The van der Waals surface area contributed by atoms with Crippen LogP contribution < -0.4 is 5.73 Å². The van der Waals surface area contributed by atoms with Crippen molar-refractivity contribution in [1.82, 2.24) is 9.88 Å². The zero-order valence-electron chi connectivity index (χ0n) is 9.00. The van der Waals surface area contributed by atoms with E-state index in [1.54, 1.807) is 6.07 Å². The summed E-state index contributed by atoms with van der Waals surface area (Å²) in [7, 11) is 0. The van der Waals surface area contributed by atoms with Crippen molar-refractivity contribution in [2.45, 2.75) is 25.4 Å². The summed E-state index contributed by atoms with van der Waals surface area (Å²) in [6, 6.07) is 4.07. The second-order valence-corrected chi connectivity index (χ2v) is 4.94. The summed E-state index contributed by atoms with van der Waals surface area (Å²) >= 11 is 11.8. The van der Waals surface area contributed by atoms with Gasteiger partial charge in [-0.15, -0.1) is 0 Å². The van der Waals surface area contributed by atoms with Crippen LogP contribution in [0.2, 0.25) is 10.3 Å². The lowest BCUT2D eigenvalue weighted by atomic mass is 10.1. The van der Waals surface area contributed by atoms with Crippen molar-refractivity contribution in [2.75, 3.05) is 13.1 Å². The molecule has 2 heterocycles. The highest BCUT2D eigenvalue weighted by atomic mass is 35.5. The molecule has 0 aromatic carbocycles. The molecule has 0 unspecified atom stereocenters. The van der Waals surface area contributed by atoms with Crippen LogP contribution in [0.3, 0.4) is 0 Å². The Balaban J connectivity index is 1.98. The highest BCUT2D eigenvalue weighted by molar-refractivity contribution is 6.32. The van der Waals surface area contributed by atoms with Crippen LogP contribution in [0, 0.1) is 0 Å². The summed E-state index contributed by atoms with van der Waals surface area (Å²) < 4.78 is 0. The second-order valence-electron chi connectivity index (χ2n) is 4.20. The average molecular weight is 260 g/mol. The number of nitrogens with zero attached hydrogens (tertiary/aromatic N) is 2. The Kier molecular flexibility index (Phi) is 4.03. The van der Waals surface area contributed by atoms with E-state index in [1.165, 1.54) is 0 Å². The molecule has 0 spiro atoms. The van der Waals surface area contributed by atoms with Crippen LogP contribution in [0.15, 0.2) is 12.1 Å². The van der Waals surface area contributed by atoms with Crippen molar-refractivity contribution in [3.63, 3.8) is 0 Å². The summed E-state index contributed by atoms with van der Waals surface area (Å²) in [5, 5.41) is 0.941. The zero-order chi connectivity index (χ0) is 11.5. The maximum absolute atomic E-state index is 6.03. The van der Waals surface area contributed by atoms with Crippen LogP contribution in [0.4, 0.5) is 0 Å². The fraction of sp³-hybridized carbons (Fsp3) is 0.545. The van der Waals surface area contributed by atoms with E-state index in [0.29, 0.717) is 16.3 Å². The Hall–Kier alpha value is -0.350. The van der Waals surface area contributed by atoms with Crippen molar-refractivity contribution in [1.29, 1.82) is 0 Å². The summed E-state index contributed by atoms with van der Waals surface area (Å²) in [5.41, 5.74) is 6.89. The smallest absolute Gasteiger partial charge is 0.135 e. The Morgan fingerprint density at radius 2 is 2.00 bits per heavy atom. The number of nitrogens with two attached hydrogens (primary N) is 1. The molecule has 0 radical (unpaired) electrons. The molecule has 1 fully saturated rings. The molecule has 0 amide bonds. The normalized spacial score (nSPS) is 18.9. The van der Waals surface area contributed by atoms with Gasteiger partial charge in [-0.2, -0.15) is 0 Å². The summed E-state index contributed by atoms with van der Waals surface area (Å²) in [6.07, 6.45) is 2.11. The zero-order valence-corrected chi connectivity index (χ0v) is 10.5. The first-order valence-electron chi connectivity index (χ1n) is 5.44. The van der Waals surface area contributed by atoms with Crippen LogP contribution in [-0.4, -0.2) is 29.0 Å². The van der Waals surface area contributed by atoms with Gasteiger partial charge in [0.1, 0.15) is 10.3 Å². The lowest BCUT2D eigenvalue weighted by Crippen LogP contribution is -2.39. The predicted molar refractivity (Wildman–Crippen MR) is 66.7 cm³/mol. The molecule has 16 heavy (non-hydrogen) atoms. The molecular weight excluding hydrogens is 245 g/mol. The monoisotopic (exact) mass is 259 g/mol. The lowest BCUT2D eigenvalue weighted by molar-refractivity contribution is 0.205. The van der Waals surface area contributed by atoms with Gasteiger partial charge in [0.2, 0.25) is 0 Å². The van der Waals surface area contributed by atoms with E-state index in [-0.39, 0.29) is 0 Å². The largest absolute Gasteiger partial charge is 0.328 e. The third-order valence-electron chi connectivity index (χ3n) is 2.92. The third kappa shape index (κ3) is 3.08. The van der Waals surface area contributed by atoms with Gasteiger partial charge < -0.3 is 5.73 Å². The third-order valence-corrected chi connectivity index (χ3v) is 3.46. The molecule has 5 heteroatoms. The Bertz CT molecular complexity index is 362. The first-order valence-corrected chi connectivity index (χ1v) is 6.19. The van der Waals surface area contributed by atoms with Gasteiger partial charge in [0.05, 0.1) is 0 Å². The highest BCUT2D eigenvalue weighted by Crippen LogP contribution is 2.20. The van der Waals surface area contributed by atoms with Crippen molar-refractivity contribution < 1.29 is 0 Å². The van der Waals surface area contributed by atoms with Gasteiger partial charge in [0, 0.05) is 18.2 Å². The van der Waals surface area contributed by atoms with Crippen molar-refractivity contribution in [3.05, 3.63) is 28.0 Å². The molecule has 1 aromatic rings. The molecule has 0 aliphatic carbocycles. The number of halogens is 2. The van der Waals surface area contributed by atoms with Gasteiger partial charge in [-0.3, -0.25) is 4.90 Å². The Morgan fingerprint density at radius 1 is 1.31 bits per heavy atom. The van der Waals surface area contributed by atoms with Crippen LogP contribution in [0.5, 0.6) is 0 Å². The molecular formula is C11H15Cl2N3. The molecule has 1 aliphatic rings. The van der Waals surface area contributed by atoms with Crippen LogP contribution in [0.25, 0.3) is 0 Å². The highest BCUT2D eigenvalue weighted by Gasteiger charge is 2.17. The van der Waals surface area contributed by atoms with Crippen molar-refractivity contribution in [2.24, 2.45) is 5.73 Å². The molecule has 0 bridgehead atoms. The molecule has 2 rings (SSSR count). The number of hydrogen-bond acceptors (Lipinski definition) is 3. The second kappa shape index (κ2) is 5.32. The summed E-state index contributed by atoms with van der Waals surface area (Å²) in [6.45, 7) is 2.88. The Labute approximate surface area is 106 Å². The Morgan fingerprint density at radius 3 is 2.62 bits per heavy atom. The van der Waals surface area contributed by atoms with E-state index in [9.17, 15) is 0 Å². The van der Waals surface area contributed by atoms with Crippen LogP contribution in [0.1, 0.15) is 18.4 Å². The minimum absolute atomic E-state index is 0.357. The standard InChI is InChI=1S/C11H15Cl2N3/c12-10-2-1-8(11(13)15-10)7-16-5-3-9(14)4-6-16/h1-2,9H,3-7,14H2. The first kappa shape index (κ1) is 12.1. The van der Waals surface area contributed by atoms with Gasteiger partial charge in [0.15, 0.2) is 0 Å². The van der Waals surface area contributed by atoms with E-state index in [2.05, 4.69) is 9.88 Å². The molecule has 0 atom stereocenters. The quantitative estimate of drug-likeness (QED) is 0.830. The minimum Gasteiger partial charge on any atom is -0.328 e. The number of rotatable bonds is 2. The van der Waals surface area contributed by atoms with Gasteiger partial charge in [-0.05, 0) is 32.0 Å². The fourth-order valence-electron chi connectivity index (χ4n) is 1.91. The van der Waals surface area contributed by atoms with Crippen LogP contribution >= 0.6 is 23.2 Å². The number of aromatic nitrogens is 1. The summed E-state index contributed by atoms with van der Waals surface area (Å²) in [4.78, 5) is 6.38. The van der Waals surface area contributed by atoms with Gasteiger partial charge in [-0.25, -0.2) is 4.98 Å². The maximum atomic E-state index is 6.03. The molecule has 1 aliphatic heterocycles. The number of pyridine rings is 1. The van der Waals surface area contributed by atoms with Crippen molar-refractivity contribution >= 4 is 23.2 Å². The molecule has 1 aromatic heterocycles. The van der Waals surface area contributed by atoms with Gasteiger partial charge >= 0.3 is 0 Å². The topological polar surface area (TPSA) is 42.1 Å². The molecule has 0 saturated carbocycles. The first-order chi connectivity index (χ1) is 7.65. The van der Waals surface area contributed by atoms with Gasteiger partial charge in [-0.1, -0.05) is 29.3 Å². The van der Waals surface area contributed by atoms with E-state index >= 15 is 0 Å². The molecule has 2 N–H and O–H groups in total. The van der Waals surface area contributed by atoms with Crippen molar-refractivity contribution in [3.8, 4) is 0 Å². The SMILES string of the molecule is NC1CCN(Cc2ccc(Cl)nc2Cl)CC1. The predicted octanol–water partition coefficient (Wildman–Crippen LogP) is 2.31. The molecule has 1 saturated heterocycles. The van der Waals surface area contributed by atoms with Crippen LogP contribution in [-0.2, 0) is 6.54 Å². The average Bonchev–Trinajstić information content (AvgIpc) is 2.25. The maximum Gasteiger partial charge on any atom is 0.135 e. The summed E-state index contributed by atoms with van der Waals surface area (Å²) in [5.74, 6) is 0. The molecule has 88 valence electrons. The van der Waals surface area contributed by atoms with E-state index in [4.69, 9.17) is 28.9 Å². The minimum atomic E-state index is 0.357. The fourth-order valence-corrected chi connectivity index (χ4v) is 2.32. The lowest BCUT2D eigenvalue weighted by Gasteiger charge is -2.30. The number of piperidine rings is 1. The number of likely N-dealkylation sites (tertiary alicyclic amines) is 1. The van der Waals surface area contributed by atoms with E-state index < -0.39 is 0 Å². The molecule has 3 nitrogen and oxygen atoms in total. The van der Waals surface area contributed by atoms with Gasteiger partial charge in [0.25, 0.3) is 0 Å². The number of hydrogen-bond donors (Lipinski definition) is 1. The van der Waals surface area contributed by atoms with E-state index in [0.717, 1.165) is 38.0 Å².